The molecule has 2 atom stereocenters. The summed E-state index contributed by atoms with van der Waals surface area (Å²) in [6.07, 6.45) is 3.41. The molecule has 4 nitrogen and oxygen atoms in total. The fourth-order valence-electron chi connectivity index (χ4n) is 4.75. The summed E-state index contributed by atoms with van der Waals surface area (Å²) in [6, 6.07) is 23.1. The zero-order valence-electron chi connectivity index (χ0n) is 18.8. The minimum atomic E-state index is -0.508. The Labute approximate surface area is 189 Å². The quantitative estimate of drug-likeness (QED) is 0.364. The number of hydrogen-bond donors (Lipinski definition) is 0. The zero-order chi connectivity index (χ0) is 22.7. The van der Waals surface area contributed by atoms with E-state index in [4.69, 9.17) is 9.47 Å². The van der Waals surface area contributed by atoms with E-state index < -0.39 is 11.9 Å². The first-order chi connectivity index (χ1) is 15.4. The highest BCUT2D eigenvalue weighted by Gasteiger charge is 2.40. The number of benzene rings is 3. The number of carbonyl (C=O) groups is 2. The Morgan fingerprint density at radius 3 is 2.03 bits per heavy atom. The van der Waals surface area contributed by atoms with Crippen LogP contribution in [0, 0.1) is 12.8 Å². The summed E-state index contributed by atoms with van der Waals surface area (Å²) in [5.74, 6) is 0.144. The average Bonchev–Trinajstić information content (AvgIpc) is 3.22. The summed E-state index contributed by atoms with van der Waals surface area (Å²) >= 11 is 0. The minimum Gasteiger partial charge on any atom is -0.465 e. The Bertz CT molecular complexity index is 1110. The van der Waals surface area contributed by atoms with E-state index in [1.807, 2.05) is 12.1 Å². The van der Waals surface area contributed by atoms with E-state index in [0.717, 1.165) is 12.8 Å². The summed E-state index contributed by atoms with van der Waals surface area (Å²) in [5.41, 5.74) is 4.46. The number of hydrogen-bond acceptors (Lipinski definition) is 4. The van der Waals surface area contributed by atoms with E-state index in [0.29, 0.717) is 22.8 Å². The summed E-state index contributed by atoms with van der Waals surface area (Å²) in [5, 5.41) is 0. The smallest absolute Gasteiger partial charge is 0.343 e. The molecule has 0 saturated heterocycles. The van der Waals surface area contributed by atoms with Crippen LogP contribution >= 0.6 is 0 Å². The second-order valence-corrected chi connectivity index (χ2v) is 8.78. The lowest BCUT2D eigenvalue weighted by molar-refractivity contribution is 0.0600. The van der Waals surface area contributed by atoms with Crippen LogP contribution in [0.25, 0.3) is 0 Å². The van der Waals surface area contributed by atoms with Gasteiger partial charge in [0.25, 0.3) is 0 Å². The van der Waals surface area contributed by atoms with Crippen molar-refractivity contribution in [1.29, 1.82) is 0 Å². The van der Waals surface area contributed by atoms with Crippen molar-refractivity contribution in [3.05, 3.63) is 101 Å². The lowest BCUT2D eigenvalue weighted by Gasteiger charge is -2.31. The van der Waals surface area contributed by atoms with E-state index in [9.17, 15) is 9.59 Å². The molecule has 0 aromatic heterocycles. The van der Waals surface area contributed by atoms with Crippen molar-refractivity contribution in [2.45, 2.75) is 38.5 Å². The molecule has 0 heterocycles. The Morgan fingerprint density at radius 2 is 1.47 bits per heavy atom. The maximum absolute atomic E-state index is 12.6. The van der Waals surface area contributed by atoms with Crippen LogP contribution in [0.15, 0.2) is 72.8 Å². The van der Waals surface area contributed by atoms with Crippen LogP contribution in [-0.2, 0) is 10.2 Å². The first kappa shape index (κ1) is 21.8. The molecular weight excluding hydrogens is 400 g/mol. The van der Waals surface area contributed by atoms with Crippen LogP contribution in [-0.4, -0.2) is 19.0 Å². The topological polar surface area (TPSA) is 52.6 Å². The number of methoxy groups -OCH3 is 1. The van der Waals surface area contributed by atoms with E-state index in [2.05, 4.69) is 50.2 Å². The van der Waals surface area contributed by atoms with Crippen molar-refractivity contribution in [3.63, 3.8) is 0 Å². The number of ether oxygens (including phenoxy) is 2. The predicted molar refractivity (Wildman–Crippen MR) is 124 cm³/mol. The highest BCUT2D eigenvalue weighted by atomic mass is 16.5. The summed E-state index contributed by atoms with van der Waals surface area (Å²) in [4.78, 5) is 24.3. The highest BCUT2D eigenvalue weighted by Crippen LogP contribution is 2.49. The van der Waals surface area contributed by atoms with Gasteiger partial charge in [0.15, 0.2) is 0 Å². The van der Waals surface area contributed by atoms with Crippen LogP contribution in [0.2, 0.25) is 0 Å². The first-order valence-electron chi connectivity index (χ1n) is 11.0. The van der Waals surface area contributed by atoms with Crippen LogP contribution in [0.3, 0.4) is 0 Å². The molecule has 4 rings (SSSR count). The minimum absolute atomic E-state index is 0.00942. The maximum atomic E-state index is 12.6. The van der Waals surface area contributed by atoms with Gasteiger partial charge in [0.2, 0.25) is 0 Å². The van der Waals surface area contributed by atoms with Crippen molar-refractivity contribution < 1.29 is 19.1 Å². The lowest BCUT2D eigenvalue weighted by atomic mass is 9.72. The third-order valence-corrected chi connectivity index (χ3v) is 6.50. The molecule has 3 aromatic rings. The van der Waals surface area contributed by atoms with E-state index >= 15 is 0 Å². The van der Waals surface area contributed by atoms with Crippen molar-refractivity contribution in [2.75, 3.05) is 7.11 Å². The molecule has 0 N–H and O–H groups in total. The average molecular weight is 429 g/mol. The van der Waals surface area contributed by atoms with Gasteiger partial charge in [-0.15, -0.1) is 0 Å². The molecule has 164 valence electrons. The number of aryl methyl sites for hydroxylation is 1. The van der Waals surface area contributed by atoms with Gasteiger partial charge < -0.3 is 9.47 Å². The highest BCUT2D eigenvalue weighted by molar-refractivity contribution is 5.96. The molecule has 32 heavy (non-hydrogen) atoms. The summed E-state index contributed by atoms with van der Waals surface area (Å²) in [6.45, 7) is 4.42. The standard InChI is InChI=1S/C28H28O4/c1-19-7-9-23(10-8-19)28(16-15-20(2)18-28)24-11-13-25(14-12-24)32-27(30)22-6-4-5-21(17-22)26(29)31-3/h4-14,17,20H,15-16,18H2,1-3H3. The van der Waals surface area contributed by atoms with Gasteiger partial charge in [-0.3, -0.25) is 0 Å². The lowest BCUT2D eigenvalue weighted by Crippen LogP contribution is -2.24. The molecule has 4 heteroatoms. The van der Waals surface area contributed by atoms with Gasteiger partial charge in [-0.2, -0.15) is 0 Å². The van der Waals surface area contributed by atoms with Crippen LogP contribution in [0.1, 0.15) is 63.6 Å². The fraction of sp³-hybridized carbons (Fsp3) is 0.286. The molecule has 1 fully saturated rings. The normalized spacial score (nSPS) is 20.0. The molecule has 1 aliphatic carbocycles. The van der Waals surface area contributed by atoms with Gasteiger partial charge in [0.05, 0.1) is 18.2 Å². The van der Waals surface area contributed by atoms with Gasteiger partial charge in [0, 0.05) is 5.41 Å². The monoisotopic (exact) mass is 428 g/mol. The van der Waals surface area contributed by atoms with E-state index in [-0.39, 0.29) is 5.41 Å². The van der Waals surface area contributed by atoms with Gasteiger partial charge in [0.1, 0.15) is 5.75 Å². The first-order valence-corrected chi connectivity index (χ1v) is 11.0. The molecule has 3 aromatic carbocycles. The molecule has 1 aliphatic rings. The SMILES string of the molecule is COC(=O)c1cccc(C(=O)Oc2ccc(C3(c4ccc(C)cc4)CCC(C)C3)cc2)c1. The van der Waals surface area contributed by atoms with Gasteiger partial charge in [-0.25, -0.2) is 9.59 Å². The summed E-state index contributed by atoms with van der Waals surface area (Å²) < 4.78 is 10.3. The molecule has 0 bridgehead atoms. The second-order valence-electron chi connectivity index (χ2n) is 8.78. The number of rotatable bonds is 5. The Kier molecular flexibility index (Phi) is 6.13. The van der Waals surface area contributed by atoms with Gasteiger partial charge in [-0.1, -0.05) is 55.0 Å². The maximum Gasteiger partial charge on any atom is 0.343 e. The number of carbonyl (C=O) groups excluding carboxylic acids is 2. The molecular formula is C28H28O4. The largest absolute Gasteiger partial charge is 0.465 e. The van der Waals surface area contributed by atoms with Crippen LogP contribution in [0.4, 0.5) is 0 Å². The van der Waals surface area contributed by atoms with Crippen molar-refractivity contribution in [2.24, 2.45) is 5.92 Å². The van der Waals surface area contributed by atoms with Gasteiger partial charge in [-0.05, 0) is 73.6 Å². The van der Waals surface area contributed by atoms with Crippen molar-refractivity contribution in [1.82, 2.24) is 0 Å². The van der Waals surface area contributed by atoms with Crippen LogP contribution in [0.5, 0.6) is 5.75 Å². The van der Waals surface area contributed by atoms with E-state index in [1.54, 1.807) is 18.2 Å². The molecule has 1 saturated carbocycles. The zero-order valence-corrected chi connectivity index (χ0v) is 18.8. The Hall–Kier alpha value is -3.40. The van der Waals surface area contributed by atoms with Crippen LogP contribution < -0.4 is 4.74 Å². The Morgan fingerprint density at radius 1 is 0.875 bits per heavy atom. The predicted octanol–water partition coefficient (Wildman–Crippen LogP) is 6.11. The van der Waals surface area contributed by atoms with E-state index in [1.165, 1.54) is 36.3 Å². The third-order valence-electron chi connectivity index (χ3n) is 6.50. The van der Waals surface area contributed by atoms with Crippen molar-refractivity contribution in [3.8, 4) is 5.75 Å². The van der Waals surface area contributed by atoms with Crippen molar-refractivity contribution >= 4 is 11.9 Å². The molecule has 0 radical (unpaired) electrons. The molecule has 0 amide bonds. The van der Waals surface area contributed by atoms with Gasteiger partial charge >= 0.3 is 11.9 Å². The molecule has 0 aliphatic heterocycles. The molecule has 0 spiro atoms. The Balaban J connectivity index is 1.56. The fourth-order valence-corrected chi connectivity index (χ4v) is 4.75. The third kappa shape index (κ3) is 4.31. The summed E-state index contributed by atoms with van der Waals surface area (Å²) in [7, 11) is 1.31. The number of esters is 2. The second kappa shape index (κ2) is 8.99. The molecule has 2 unspecified atom stereocenters.